The number of aryl methyl sites for hydroxylation is 1. The lowest BCUT2D eigenvalue weighted by molar-refractivity contribution is -0.138. The Balaban J connectivity index is 3.54. The number of alkyl halides is 3. The molecule has 0 saturated heterocycles. The Morgan fingerprint density at radius 1 is 1.38 bits per heavy atom. The van der Waals surface area contributed by atoms with E-state index < -0.39 is 17.3 Å². The van der Waals surface area contributed by atoms with Crippen molar-refractivity contribution in [3.8, 4) is 0 Å². The average Bonchev–Trinajstić information content (AvgIpc) is 2.17. The number of hydrogen-bond acceptors (Lipinski definition) is 1. The normalized spacial score (nSPS) is 11.9. The maximum absolute atomic E-state index is 12.7. The van der Waals surface area contributed by atoms with Gasteiger partial charge >= 0.3 is 6.18 Å². The van der Waals surface area contributed by atoms with Crippen molar-refractivity contribution in [3.05, 3.63) is 33.2 Å². The lowest BCUT2D eigenvalue weighted by atomic mass is 10.0. The fourth-order valence-electron chi connectivity index (χ4n) is 1.62. The number of pyridine rings is 1. The second-order valence-electron chi connectivity index (χ2n) is 3.79. The van der Waals surface area contributed by atoms with Crippen LogP contribution in [0.5, 0.6) is 0 Å². The molecule has 2 nitrogen and oxygen atoms in total. The average molecular weight is 233 g/mol. The zero-order valence-electron chi connectivity index (χ0n) is 9.48. The highest BCUT2D eigenvalue weighted by Crippen LogP contribution is 2.31. The molecule has 1 aromatic heterocycles. The van der Waals surface area contributed by atoms with Gasteiger partial charge in [0, 0.05) is 18.3 Å². The Labute approximate surface area is 91.7 Å². The van der Waals surface area contributed by atoms with E-state index in [2.05, 4.69) is 0 Å². The van der Waals surface area contributed by atoms with Crippen LogP contribution in [0.15, 0.2) is 10.9 Å². The van der Waals surface area contributed by atoms with Crippen molar-refractivity contribution in [1.82, 2.24) is 4.57 Å². The summed E-state index contributed by atoms with van der Waals surface area (Å²) in [5.74, 6) is 0. The van der Waals surface area contributed by atoms with Crippen molar-refractivity contribution in [2.24, 2.45) is 7.05 Å². The van der Waals surface area contributed by atoms with Crippen LogP contribution in [0.1, 0.15) is 30.2 Å². The third-order valence-electron chi connectivity index (χ3n) is 2.58. The van der Waals surface area contributed by atoms with Gasteiger partial charge in [-0.15, -0.1) is 0 Å². The van der Waals surface area contributed by atoms with Gasteiger partial charge in [0.25, 0.3) is 5.56 Å². The largest absolute Gasteiger partial charge is 0.416 e. The summed E-state index contributed by atoms with van der Waals surface area (Å²) in [7, 11) is 1.48. The molecule has 1 heterocycles. The van der Waals surface area contributed by atoms with Crippen molar-refractivity contribution >= 4 is 0 Å². The molecular formula is C11H14F3NO. The molecule has 0 aliphatic heterocycles. The number of hydrogen-bond donors (Lipinski definition) is 0. The van der Waals surface area contributed by atoms with Gasteiger partial charge in [0.2, 0.25) is 0 Å². The third kappa shape index (κ3) is 2.28. The lowest BCUT2D eigenvalue weighted by Crippen LogP contribution is -2.27. The molecular weight excluding hydrogens is 219 g/mol. The molecule has 0 saturated carbocycles. The Kier molecular flexibility index (Phi) is 3.45. The van der Waals surface area contributed by atoms with Crippen LogP contribution in [0.3, 0.4) is 0 Å². The van der Waals surface area contributed by atoms with Gasteiger partial charge in [-0.3, -0.25) is 4.79 Å². The first-order valence-electron chi connectivity index (χ1n) is 5.05. The van der Waals surface area contributed by atoms with Gasteiger partial charge in [-0.1, -0.05) is 13.3 Å². The molecule has 0 bridgehead atoms. The number of halogens is 3. The summed E-state index contributed by atoms with van der Waals surface area (Å²) < 4.78 is 39.4. The van der Waals surface area contributed by atoms with Crippen LogP contribution < -0.4 is 5.56 Å². The zero-order valence-corrected chi connectivity index (χ0v) is 9.48. The van der Waals surface area contributed by atoms with E-state index in [9.17, 15) is 18.0 Å². The molecule has 0 N–H and O–H groups in total. The van der Waals surface area contributed by atoms with Gasteiger partial charge in [0.1, 0.15) is 0 Å². The molecule has 1 rings (SSSR count). The van der Waals surface area contributed by atoms with E-state index in [-0.39, 0.29) is 12.0 Å². The first-order chi connectivity index (χ1) is 7.29. The molecule has 0 amide bonds. The fourth-order valence-corrected chi connectivity index (χ4v) is 1.62. The minimum absolute atomic E-state index is 0.136. The molecule has 0 aromatic carbocycles. The smallest absolute Gasteiger partial charge is 0.316 e. The predicted octanol–water partition coefficient (Wildman–Crippen LogP) is 2.67. The van der Waals surface area contributed by atoms with E-state index in [1.165, 1.54) is 18.5 Å². The van der Waals surface area contributed by atoms with Crippen LogP contribution >= 0.6 is 0 Å². The Morgan fingerprint density at radius 3 is 2.38 bits per heavy atom. The molecule has 90 valence electrons. The van der Waals surface area contributed by atoms with Crippen molar-refractivity contribution < 1.29 is 13.2 Å². The first kappa shape index (κ1) is 12.8. The zero-order chi connectivity index (χ0) is 12.5. The van der Waals surface area contributed by atoms with E-state index in [1.54, 1.807) is 6.92 Å². The highest BCUT2D eigenvalue weighted by molar-refractivity contribution is 5.30. The second-order valence-corrected chi connectivity index (χ2v) is 3.79. The monoisotopic (exact) mass is 233 g/mol. The summed E-state index contributed by atoms with van der Waals surface area (Å²) >= 11 is 0. The molecule has 5 heteroatoms. The maximum atomic E-state index is 12.7. The second kappa shape index (κ2) is 4.31. The van der Waals surface area contributed by atoms with E-state index >= 15 is 0 Å². The van der Waals surface area contributed by atoms with E-state index in [1.807, 2.05) is 0 Å². The van der Waals surface area contributed by atoms with Gasteiger partial charge in [0.15, 0.2) is 0 Å². The van der Waals surface area contributed by atoms with Crippen molar-refractivity contribution in [2.75, 3.05) is 0 Å². The standard InChI is InChI=1S/C11H14F3NO/c1-4-5-8-9(11(12,13)14)6-7(2)15(3)10(8)16/h6H,4-5H2,1-3H3. The summed E-state index contributed by atoms with van der Waals surface area (Å²) in [6, 6.07) is 1.03. The van der Waals surface area contributed by atoms with Crippen LogP contribution in [0.25, 0.3) is 0 Å². The number of nitrogens with zero attached hydrogens (tertiary/aromatic N) is 1. The third-order valence-corrected chi connectivity index (χ3v) is 2.58. The maximum Gasteiger partial charge on any atom is 0.416 e. The molecule has 0 spiro atoms. The van der Waals surface area contributed by atoms with Gasteiger partial charge in [-0.2, -0.15) is 13.2 Å². The van der Waals surface area contributed by atoms with Crippen LogP contribution in [0.4, 0.5) is 13.2 Å². The topological polar surface area (TPSA) is 22.0 Å². The predicted molar refractivity (Wildman–Crippen MR) is 55.4 cm³/mol. The molecule has 0 atom stereocenters. The van der Waals surface area contributed by atoms with Gasteiger partial charge in [-0.25, -0.2) is 0 Å². The van der Waals surface area contributed by atoms with Gasteiger partial charge in [-0.05, 0) is 19.4 Å². The van der Waals surface area contributed by atoms with Gasteiger partial charge < -0.3 is 4.57 Å². The van der Waals surface area contributed by atoms with Crippen LogP contribution in [-0.2, 0) is 19.6 Å². The van der Waals surface area contributed by atoms with E-state index in [0.29, 0.717) is 12.1 Å². The molecule has 16 heavy (non-hydrogen) atoms. The minimum atomic E-state index is -4.46. The van der Waals surface area contributed by atoms with Crippen LogP contribution in [0, 0.1) is 6.92 Å². The van der Waals surface area contributed by atoms with Crippen molar-refractivity contribution in [3.63, 3.8) is 0 Å². The summed E-state index contributed by atoms with van der Waals surface area (Å²) in [4.78, 5) is 11.7. The number of rotatable bonds is 2. The quantitative estimate of drug-likeness (QED) is 0.769. The summed E-state index contributed by atoms with van der Waals surface area (Å²) in [6.07, 6.45) is -3.79. The highest BCUT2D eigenvalue weighted by Gasteiger charge is 2.34. The van der Waals surface area contributed by atoms with E-state index in [4.69, 9.17) is 0 Å². The Hall–Kier alpha value is -1.26. The first-order valence-corrected chi connectivity index (χ1v) is 5.05. The fraction of sp³-hybridized carbons (Fsp3) is 0.545. The summed E-state index contributed by atoms with van der Waals surface area (Å²) in [6.45, 7) is 3.24. The molecule has 0 fully saturated rings. The minimum Gasteiger partial charge on any atom is -0.316 e. The Morgan fingerprint density at radius 2 is 1.94 bits per heavy atom. The lowest BCUT2D eigenvalue weighted by Gasteiger charge is -2.15. The molecule has 0 unspecified atom stereocenters. The highest BCUT2D eigenvalue weighted by atomic mass is 19.4. The van der Waals surface area contributed by atoms with Crippen molar-refractivity contribution in [2.45, 2.75) is 32.9 Å². The van der Waals surface area contributed by atoms with Crippen LogP contribution in [0.2, 0.25) is 0 Å². The van der Waals surface area contributed by atoms with Gasteiger partial charge in [0.05, 0.1) is 5.56 Å². The Bertz CT molecular complexity index is 446. The van der Waals surface area contributed by atoms with Crippen molar-refractivity contribution in [1.29, 1.82) is 0 Å². The van der Waals surface area contributed by atoms with Crippen LogP contribution in [-0.4, -0.2) is 4.57 Å². The molecule has 0 aliphatic carbocycles. The SMILES string of the molecule is CCCc1c(C(F)(F)F)cc(C)n(C)c1=O. The number of aromatic nitrogens is 1. The van der Waals surface area contributed by atoms with E-state index in [0.717, 1.165) is 6.07 Å². The molecule has 0 aliphatic rings. The molecule has 1 aromatic rings. The summed E-state index contributed by atoms with van der Waals surface area (Å²) in [5.41, 5.74) is -1.16. The summed E-state index contributed by atoms with van der Waals surface area (Å²) in [5, 5.41) is 0. The molecule has 0 radical (unpaired) electrons.